The number of hydrogen-bond donors (Lipinski definition) is 1. The summed E-state index contributed by atoms with van der Waals surface area (Å²) < 4.78 is 2.82. The molecular formula is C8H6IN3O. The largest absolute Gasteiger partial charge is 0.364 e. The SMILES string of the molecule is NC(=O)c1cn2c(I)cccc2n1. The zero-order chi connectivity index (χ0) is 9.42. The predicted molar refractivity (Wildman–Crippen MR) is 56.4 cm³/mol. The molecule has 4 nitrogen and oxygen atoms in total. The van der Waals surface area contributed by atoms with E-state index in [9.17, 15) is 4.79 Å². The fourth-order valence-corrected chi connectivity index (χ4v) is 1.69. The Morgan fingerprint density at radius 2 is 2.31 bits per heavy atom. The number of nitrogens with two attached hydrogens (primary N) is 1. The van der Waals surface area contributed by atoms with Gasteiger partial charge >= 0.3 is 0 Å². The topological polar surface area (TPSA) is 60.4 Å². The van der Waals surface area contributed by atoms with Gasteiger partial charge in [0.05, 0.1) is 3.70 Å². The molecule has 5 heteroatoms. The number of fused-ring (bicyclic) bond motifs is 1. The van der Waals surface area contributed by atoms with E-state index in [4.69, 9.17) is 5.73 Å². The summed E-state index contributed by atoms with van der Waals surface area (Å²) >= 11 is 2.17. The highest BCUT2D eigenvalue weighted by atomic mass is 127. The van der Waals surface area contributed by atoms with Gasteiger partial charge < -0.3 is 5.73 Å². The van der Waals surface area contributed by atoms with Crippen LogP contribution in [0.2, 0.25) is 0 Å². The number of halogens is 1. The summed E-state index contributed by atoms with van der Waals surface area (Å²) in [5.41, 5.74) is 6.14. The zero-order valence-electron chi connectivity index (χ0n) is 6.57. The molecule has 0 saturated heterocycles. The van der Waals surface area contributed by atoms with Crippen LogP contribution >= 0.6 is 22.6 Å². The van der Waals surface area contributed by atoms with Crippen molar-refractivity contribution in [3.05, 3.63) is 33.8 Å². The van der Waals surface area contributed by atoms with Crippen LogP contribution in [0.1, 0.15) is 10.5 Å². The minimum Gasteiger partial charge on any atom is -0.364 e. The van der Waals surface area contributed by atoms with Gasteiger partial charge in [0, 0.05) is 6.20 Å². The van der Waals surface area contributed by atoms with E-state index >= 15 is 0 Å². The first kappa shape index (κ1) is 8.49. The third-order valence-electron chi connectivity index (χ3n) is 1.69. The van der Waals surface area contributed by atoms with Gasteiger partial charge in [-0.2, -0.15) is 0 Å². The number of nitrogens with zero attached hydrogens (tertiary/aromatic N) is 2. The molecule has 2 aromatic rings. The Kier molecular flexibility index (Phi) is 1.95. The van der Waals surface area contributed by atoms with Crippen LogP contribution in [0.4, 0.5) is 0 Å². The van der Waals surface area contributed by atoms with Crippen LogP contribution in [-0.2, 0) is 0 Å². The molecule has 0 spiro atoms. The molecule has 0 fully saturated rings. The van der Waals surface area contributed by atoms with E-state index < -0.39 is 5.91 Å². The number of rotatable bonds is 1. The summed E-state index contributed by atoms with van der Waals surface area (Å²) in [4.78, 5) is 14.9. The highest BCUT2D eigenvalue weighted by molar-refractivity contribution is 14.1. The van der Waals surface area contributed by atoms with Crippen LogP contribution in [0.5, 0.6) is 0 Å². The first-order chi connectivity index (χ1) is 6.18. The Labute approximate surface area is 87.9 Å². The molecule has 0 saturated carbocycles. The lowest BCUT2D eigenvalue weighted by molar-refractivity contribution is 0.0996. The number of pyridine rings is 1. The van der Waals surface area contributed by atoms with Crippen molar-refractivity contribution in [3.8, 4) is 0 Å². The summed E-state index contributed by atoms with van der Waals surface area (Å²) in [6, 6.07) is 5.64. The third-order valence-corrected chi connectivity index (χ3v) is 2.57. The lowest BCUT2D eigenvalue weighted by Crippen LogP contribution is -2.10. The summed E-state index contributed by atoms with van der Waals surface area (Å²) in [6.45, 7) is 0. The minimum absolute atomic E-state index is 0.295. The van der Waals surface area contributed by atoms with Crippen molar-refractivity contribution >= 4 is 34.1 Å². The Morgan fingerprint density at radius 3 is 2.92 bits per heavy atom. The van der Waals surface area contributed by atoms with Crippen LogP contribution in [0, 0.1) is 3.70 Å². The molecule has 0 unspecified atom stereocenters. The Hall–Kier alpha value is -1.11. The van der Waals surface area contributed by atoms with Gasteiger partial charge in [-0.1, -0.05) is 6.07 Å². The molecule has 0 aromatic carbocycles. The second-order valence-corrected chi connectivity index (χ2v) is 3.67. The van der Waals surface area contributed by atoms with E-state index in [2.05, 4.69) is 27.6 Å². The second-order valence-electron chi connectivity index (χ2n) is 2.57. The fraction of sp³-hybridized carbons (Fsp3) is 0. The van der Waals surface area contributed by atoms with Crippen molar-refractivity contribution in [2.45, 2.75) is 0 Å². The molecule has 0 bridgehead atoms. The standard InChI is InChI=1S/C8H6IN3O/c9-6-2-1-3-7-11-5(8(10)13)4-12(6)7/h1-4H,(H2,10,13). The van der Waals surface area contributed by atoms with Crippen molar-refractivity contribution in [3.63, 3.8) is 0 Å². The quantitative estimate of drug-likeness (QED) is 0.629. The van der Waals surface area contributed by atoms with Crippen LogP contribution in [0.25, 0.3) is 5.65 Å². The first-order valence-corrected chi connectivity index (χ1v) is 4.70. The van der Waals surface area contributed by atoms with Gasteiger partial charge in [0.1, 0.15) is 11.3 Å². The van der Waals surface area contributed by atoms with Gasteiger partial charge in [0.2, 0.25) is 0 Å². The zero-order valence-corrected chi connectivity index (χ0v) is 8.72. The van der Waals surface area contributed by atoms with Crippen molar-refractivity contribution < 1.29 is 4.79 Å². The highest BCUT2D eigenvalue weighted by Gasteiger charge is 2.07. The van der Waals surface area contributed by atoms with Crippen molar-refractivity contribution in [1.29, 1.82) is 0 Å². The molecule has 0 aliphatic carbocycles. The Balaban J connectivity index is 2.75. The van der Waals surface area contributed by atoms with Crippen LogP contribution in [-0.4, -0.2) is 15.3 Å². The second kappa shape index (κ2) is 2.99. The van der Waals surface area contributed by atoms with Crippen LogP contribution < -0.4 is 5.73 Å². The van der Waals surface area contributed by atoms with Crippen LogP contribution in [0.15, 0.2) is 24.4 Å². The number of carbonyl (C=O) groups excluding carboxylic acids is 1. The molecule has 2 heterocycles. The summed E-state index contributed by atoms with van der Waals surface area (Å²) in [5, 5.41) is 0. The summed E-state index contributed by atoms with van der Waals surface area (Å²) in [7, 11) is 0. The molecule has 0 atom stereocenters. The third kappa shape index (κ3) is 1.39. The molecule has 2 N–H and O–H groups in total. The Morgan fingerprint density at radius 1 is 1.54 bits per heavy atom. The number of imidazole rings is 1. The van der Waals surface area contributed by atoms with Crippen molar-refractivity contribution in [2.24, 2.45) is 5.73 Å². The maximum absolute atomic E-state index is 10.8. The van der Waals surface area contributed by atoms with E-state index in [0.29, 0.717) is 5.69 Å². The molecule has 2 aromatic heterocycles. The van der Waals surface area contributed by atoms with Gasteiger partial charge in [0.25, 0.3) is 5.91 Å². The van der Waals surface area contributed by atoms with Gasteiger partial charge in [-0.3, -0.25) is 9.20 Å². The molecular weight excluding hydrogens is 281 g/mol. The molecule has 1 amide bonds. The maximum atomic E-state index is 10.8. The maximum Gasteiger partial charge on any atom is 0.268 e. The normalized spacial score (nSPS) is 10.5. The Bertz CT molecular complexity index is 477. The van der Waals surface area contributed by atoms with E-state index in [0.717, 1.165) is 9.35 Å². The van der Waals surface area contributed by atoms with Gasteiger partial charge in [-0.05, 0) is 34.7 Å². The molecule has 0 radical (unpaired) electrons. The van der Waals surface area contributed by atoms with Gasteiger partial charge in [-0.15, -0.1) is 0 Å². The average molecular weight is 287 g/mol. The lowest BCUT2D eigenvalue weighted by Gasteiger charge is -1.93. The van der Waals surface area contributed by atoms with E-state index in [-0.39, 0.29) is 0 Å². The number of carbonyl (C=O) groups is 1. The van der Waals surface area contributed by atoms with Crippen LogP contribution in [0.3, 0.4) is 0 Å². The molecule has 0 aliphatic rings. The van der Waals surface area contributed by atoms with E-state index in [1.165, 1.54) is 0 Å². The van der Waals surface area contributed by atoms with Gasteiger partial charge in [-0.25, -0.2) is 4.98 Å². The minimum atomic E-state index is -0.500. The van der Waals surface area contributed by atoms with Gasteiger partial charge in [0.15, 0.2) is 0 Å². The number of aromatic nitrogens is 2. The molecule has 0 aliphatic heterocycles. The lowest BCUT2D eigenvalue weighted by atomic mass is 10.5. The highest BCUT2D eigenvalue weighted by Crippen LogP contribution is 2.10. The number of amides is 1. The average Bonchev–Trinajstić information content (AvgIpc) is 2.49. The fourth-order valence-electron chi connectivity index (χ4n) is 1.10. The van der Waals surface area contributed by atoms with Crippen molar-refractivity contribution in [2.75, 3.05) is 0 Å². The first-order valence-electron chi connectivity index (χ1n) is 3.62. The molecule has 66 valence electrons. The monoisotopic (exact) mass is 287 g/mol. The summed E-state index contributed by atoms with van der Waals surface area (Å²) in [6.07, 6.45) is 1.64. The van der Waals surface area contributed by atoms with Crippen molar-refractivity contribution in [1.82, 2.24) is 9.38 Å². The number of primary amides is 1. The number of hydrogen-bond acceptors (Lipinski definition) is 2. The molecule has 13 heavy (non-hydrogen) atoms. The van der Waals surface area contributed by atoms with E-state index in [1.807, 2.05) is 22.6 Å². The summed E-state index contributed by atoms with van der Waals surface area (Å²) in [5.74, 6) is -0.500. The molecule has 2 rings (SSSR count). The van der Waals surface area contributed by atoms with E-state index in [1.54, 1.807) is 6.20 Å². The smallest absolute Gasteiger partial charge is 0.268 e. The predicted octanol–water partition coefficient (Wildman–Crippen LogP) is 1.04.